The number of fused-ring (bicyclic) bond motifs is 1. The highest BCUT2D eigenvalue weighted by atomic mass is 16.2. The number of nitrogens with one attached hydrogen (secondary N) is 4. The molecule has 3 rings (SSSR count). The molecule has 0 bridgehead atoms. The van der Waals surface area contributed by atoms with Crippen LogP contribution >= 0.6 is 0 Å². The molecule has 40 heavy (non-hydrogen) atoms. The lowest BCUT2D eigenvalue weighted by Gasteiger charge is -2.32. The minimum atomic E-state index is -1.06. The van der Waals surface area contributed by atoms with Gasteiger partial charge in [-0.1, -0.05) is 42.5 Å². The highest BCUT2D eigenvalue weighted by Gasteiger charge is 2.42. The highest BCUT2D eigenvalue weighted by Crippen LogP contribution is 2.31. The van der Waals surface area contributed by atoms with Crippen molar-refractivity contribution in [3.8, 4) is 0 Å². The molecule has 1 fully saturated rings. The molecule has 1 aliphatic carbocycles. The Balaban J connectivity index is 1.77. The van der Waals surface area contributed by atoms with E-state index < -0.39 is 41.8 Å². The van der Waals surface area contributed by atoms with Crippen LogP contribution in [0.5, 0.6) is 0 Å². The summed E-state index contributed by atoms with van der Waals surface area (Å²) in [5.41, 5.74) is 2.26. The van der Waals surface area contributed by atoms with E-state index in [4.69, 9.17) is 0 Å². The number of nitrogens with zero attached hydrogens (tertiary/aromatic N) is 1. The van der Waals surface area contributed by atoms with E-state index in [0.717, 1.165) is 11.1 Å². The maximum absolute atomic E-state index is 14.0. The number of rotatable bonds is 14. The largest absolute Gasteiger partial charge is 0.346 e. The summed E-state index contributed by atoms with van der Waals surface area (Å²) in [6.45, 7) is 11.5. The van der Waals surface area contributed by atoms with Gasteiger partial charge >= 0.3 is 6.03 Å². The minimum absolute atomic E-state index is 0.122. The molecular weight excluding hydrogens is 510 g/mol. The van der Waals surface area contributed by atoms with Gasteiger partial charge in [0.15, 0.2) is 0 Å². The molecule has 214 valence electrons. The summed E-state index contributed by atoms with van der Waals surface area (Å²) < 4.78 is 0. The van der Waals surface area contributed by atoms with Crippen molar-refractivity contribution < 1.29 is 24.0 Å². The van der Waals surface area contributed by atoms with Crippen LogP contribution < -0.4 is 21.3 Å². The number of hydrogen-bond donors (Lipinski definition) is 4. The van der Waals surface area contributed by atoms with Gasteiger partial charge in [0.25, 0.3) is 5.91 Å². The number of ketones is 1. The van der Waals surface area contributed by atoms with Crippen LogP contribution in [0, 0.1) is 5.92 Å². The van der Waals surface area contributed by atoms with Gasteiger partial charge < -0.3 is 26.2 Å². The molecule has 0 spiro atoms. The number of benzene rings is 1. The fourth-order valence-corrected chi connectivity index (χ4v) is 5.28. The third-order valence-corrected chi connectivity index (χ3v) is 7.28. The maximum Gasteiger partial charge on any atom is 0.315 e. The Morgan fingerprint density at radius 2 is 1.57 bits per heavy atom. The average molecular weight is 550 g/mol. The molecule has 10 heteroatoms. The Labute approximate surface area is 235 Å². The van der Waals surface area contributed by atoms with E-state index >= 15 is 0 Å². The SMILES string of the molecule is C=CCCC(NC(=O)[C@@H]1CCCN1C(=O)[C@@H](NC(=O)NCC=C)C1Cc2ccccc2C1)C(=O)C(=O)NCC=C. The molecule has 1 unspecified atom stereocenters. The van der Waals surface area contributed by atoms with E-state index in [1.165, 1.54) is 11.0 Å². The molecule has 4 N–H and O–H groups in total. The van der Waals surface area contributed by atoms with E-state index in [1.54, 1.807) is 12.2 Å². The molecule has 1 saturated heterocycles. The van der Waals surface area contributed by atoms with Crippen molar-refractivity contribution in [2.75, 3.05) is 19.6 Å². The summed E-state index contributed by atoms with van der Waals surface area (Å²) >= 11 is 0. The quantitative estimate of drug-likeness (QED) is 0.206. The second kappa shape index (κ2) is 14.8. The monoisotopic (exact) mass is 549 g/mol. The lowest BCUT2D eigenvalue weighted by molar-refractivity contribution is -0.143. The first-order chi connectivity index (χ1) is 19.3. The second-order valence-corrected chi connectivity index (χ2v) is 10.0. The smallest absolute Gasteiger partial charge is 0.315 e. The number of amides is 5. The van der Waals surface area contributed by atoms with Gasteiger partial charge in [-0.15, -0.1) is 19.7 Å². The predicted octanol–water partition coefficient (Wildman–Crippen LogP) is 1.57. The summed E-state index contributed by atoms with van der Waals surface area (Å²) in [5.74, 6) is -2.62. The molecular formula is C30H39N5O5. The molecule has 10 nitrogen and oxygen atoms in total. The van der Waals surface area contributed by atoms with E-state index in [2.05, 4.69) is 41.0 Å². The number of carbonyl (C=O) groups is 5. The van der Waals surface area contributed by atoms with Crippen LogP contribution in [0.15, 0.2) is 62.2 Å². The van der Waals surface area contributed by atoms with E-state index in [9.17, 15) is 24.0 Å². The van der Waals surface area contributed by atoms with Crippen molar-refractivity contribution in [3.05, 3.63) is 73.4 Å². The maximum atomic E-state index is 14.0. The van der Waals surface area contributed by atoms with Crippen molar-refractivity contribution in [2.45, 2.75) is 56.7 Å². The summed E-state index contributed by atoms with van der Waals surface area (Å²) in [4.78, 5) is 66.6. The number of carbonyl (C=O) groups excluding carboxylic acids is 5. The fourth-order valence-electron chi connectivity index (χ4n) is 5.28. The number of urea groups is 1. The number of Topliss-reactive ketones (excluding diaryl/α,β-unsaturated/α-hetero) is 1. The predicted molar refractivity (Wildman–Crippen MR) is 152 cm³/mol. The zero-order valence-electron chi connectivity index (χ0n) is 22.8. The Morgan fingerprint density at radius 1 is 0.925 bits per heavy atom. The normalized spacial score (nSPS) is 17.6. The van der Waals surface area contributed by atoms with Crippen molar-refractivity contribution in [3.63, 3.8) is 0 Å². The molecule has 1 heterocycles. The summed E-state index contributed by atoms with van der Waals surface area (Å²) in [6, 6.07) is 4.71. The van der Waals surface area contributed by atoms with Crippen LogP contribution in [-0.4, -0.2) is 72.2 Å². The molecule has 0 aromatic heterocycles. The lowest BCUT2D eigenvalue weighted by atomic mass is 9.95. The van der Waals surface area contributed by atoms with Crippen LogP contribution in [0.3, 0.4) is 0 Å². The van der Waals surface area contributed by atoms with Gasteiger partial charge in [-0.05, 0) is 55.6 Å². The van der Waals surface area contributed by atoms with Crippen LogP contribution in [0.4, 0.5) is 4.79 Å². The Kier molecular flexibility index (Phi) is 11.2. The van der Waals surface area contributed by atoms with E-state index in [-0.39, 0.29) is 31.3 Å². The van der Waals surface area contributed by atoms with Gasteiger partial charge in [-0.3, -0.25) is 19.2 Å². The molecule has 0 saturated carbocycles. The van der Waals surface area contributed by atoms with Crippen LogP contribution in [0.1, 0.15) is 36.8 Å². The van der Waals surface area contributed by atoms with Crippen molar-refractivity contribution in [1.29, 1.82) is 0 Å². The molecule has 5 amide bonds. The van der Waals surface area contributed by atoms with Crippen LogP contribution in [0.2, 0.25) is 0 Å². The van der Waals surface area contributed by atoms with Gasteiger partial charge in [0.1, 0.15) is 12.1 Å². The van der Waals surface area contributed by atoms with Crippen LogP contribution in [-0.2, 0) is 32.0 Å². The Hall–Kier alpha value is -4.21. The topological polar surface area (TPSA) is 137 Å². The third kappa shape index (κ3) is 7.68. The number of allylic oxidation sites excluding steroid dienone is 1. The molecule has 1 aliphatic heterocycles. The summed E-state index contributed by atoms with van der Waals surface area (Å²) in [5, 5.41) is 10.6. The van der Waals surface area contributed by atoms with E-state index in [0.29, 0.717) is 38.6 Å². The molecule has 2 aliphatic rings. The van der Waals surface area contributed by atoms with Crippen molar-refractivity contribution in [1.82, 2.24) is 26.2 Å². The van der Waals surface area contributed by atoms with Gasteiger partial charge in [0.2, 0.25) is 17.6 Å². The number of likely N-dealkylation sites (tertiary alicyclic amines) is 1. The standard InChI is InChI=1S/C30H39N5O5/c1-4-7-13-23(26(36)28(38)31-15-5-2)33-27(37)24-14-10-17-35(24)29(39)25(34-30(40)32-16-6-3)22-18-20-11-8-9-12-21(20)19-22/h4-6,8-9,11-12,22-25H,1-3,7,10,13-19H2,(H,31,38)(H,33,37)(H2,32,34,40)/t23?,24-,25-/m0/s1. The highest BCUT2D eigenvalue weighted by molar-refractivity contribution is 6.38. The third-order valence-electron chi connectivity index (χ3n) is 7.28. The van der Waals surface area contributed by atoms with Gasteiger partial charge in [0.05, 0.1) is 6.04 Å². The number of hydrogen-bond acceptors (Lipinski definition) is 5. The zero-order valence-corrected chi connectivity index (χ0v) is 22.8. The Bertz CT molecular complexity index is 1120. The van der Waals surface area contributed by atoms with Crippen LogP contribution in [0.25, 0.3) is 0 Å². The first-order valence-electron chi connectivity index (χ1n) is 13.7. The second-order valence-electron chi connectivity index (χ2n) is 10.0. The van der Waals surface area contributed by atoms with Gasteiger partial charge in [-0.2, -0.15) is 0 Å². The van der Waals surface area contributed by atoms with Gasteiger partial charge in [0, 0.05) is 19.6 Å². The molecule has 1 aromatic carbocycles. The summed E-state index contributed by atoms with van der Waals surface area (Å²) in [7, 11) is 0. The minimum Gasteiger partial charge on any atom is -0.346 e. The zero-order chi connectivity index (χ0) is 29.1. The van der Waals surface area contributed by atoms with Gasteiger partial charge in [-0.25, -0.2) is 4.79 Å². The molecule has 3 atom stereocenters. The first kappa shape index (κ1) is 30.3. The average Bonchev–Trinajstić information content (AvgIpc) is 3.62. The van der Waals surface area contributed by atoms with Crippen molar-refractivity contribution >= 4 is 29.5 Å². The van der Waals surface area contributed by atoms with E-state index in [1.807, 2.05) is 24.3 Å². The first-order valence-corrected chi connectivity index (χ1v) is 13.7. The molecule has 0 radical (unpaired) electrons. The molecule has 1 aromatic rings. The van der Waals surface area contributed by atoms with Crippen molar-refractivity contribution in [2.24, 2.45) is 5.92 Å². The Morgan fingerprint density at radius 3 is 2.20 bits per heavy atom. The summed E-state index contributed by atoms with van der Waals surface area (Å²) in [6.07, 6.45) is 7.45. The fraction of sp³-hybridized carbons (Fsp3) is 0.433. The lowest BCUT2D eigenvalue weighted by Crippen LogP contribution is -2.58.